The van der Waals surface area contributed by atoms with Gasteiger partial charge in [-0.2, -0.15) is 0 Å². The van der Waals surface area contributed by atoms with E-state index in [2.05, 4.69) is 24.1 Å². The van der Waals surface area contributed by atoms with Crippen molar-refractivity contribution in [2.45, 2.75) is 46.0 Å². The van der Waals surface area contributed by atoms with Crippen molar-refractivity contribution in [3.05, 3.63) is 0 Å². The number of hydrogen-bond donors (Lipinski definition) is 1. The van der Waals surface area contributed by atoms with E-state index in [0.717, 1.165) is 64.9 Å². The van der Waals surface area contributed by atoms with Gasteiger partial charge in [0, 0.05) is 32.7 Å². The molecule has 1 fully saturated rings. The van der Waals surface area contributed by atoms with Gasteiger partial charge in [-0.05, 0) is 51.1 Å². The maximum absolute atomic E-state index is 12.1. The first kappa shape index (κ1) is 17.4. The average Bonchev–Trinajstić information content (AvgIpc) is 2.42. The van der Waals surface area contributed by atoms with Crippen LogP contribution in [0.15, 0.2) is 0 Å². The van der Waals surface area contributed by atoms with Gasteiger partial charge < -0.3 is 15.0 Å². The number of ether oxygens (including phenoxy) is 1. The summed E-state index contributed by atoms with van der Waals surface area (Å²) in [5.74, 6) is 1.21. The molecule has 0 spiro atoms. The van der Waals surface area contributed by atoms with Gasteiger partial charge in [0.2, 0.25) is 5.91 Å². The fraction of sp³-hybridized carbons (Fsp3) is 0.938. The van der Waals surface area contributed by atoms with E-state index in [1.54, 1.807) is 7.11 Å². The quantitative estimate of drug-likeness (QED) is 0.661. The van der Waals surface area contributed by atoms with Gasteiger partial charge >= 0.3 is 0 Å². The van der Waals surface area contributed by atoms with Crippen LogP contribution >= 0.6 is 0 Å². The van der Waals surface area contributed by atoms with Crippen molar-refractivity contribution in [2.24, 2.45) is 11.8 Å². The molecule has 0 bridgehead atoms. The zero-order valence-electron chi connectivity index (χ0n) is 13.5. The molecule has 1 amide bonds. The molecule has 4 heteroatoms. The second-order valence-corrected chi connectivity index (χ2v) is 6.31. The highest BCUT2D eigenvalue weighted by molar-refractivity contribution is 5.78. The highest BCUT2D eigenvalue weighted by atomic mass is 16.5. The van der Waals surface area contributed by atoms with Crippen molar-refractivity contribution < 1.29 is 9.53 Å². The molecular formula is C16H32N2O2. The first-order valence-electron chi connectivity index (χ1n) is 8.12. The summed E-state index contributed by atoms with van der Waals surface area (Å²) in [6.45, 7) is 9.45. The molecule has 1 aliphatic heterocycles. The summed E-state index contributed by atoms with van der Waals surface area (Å²) < 4.78 is 5.01. The van der Waals surface area contributed by atoms with Crippen molar-refractivity contribution >= 4 is 5.91 Å². The Balaban J connectivity index is 2.07. The Labute approximate surface area is 124 Å². The van der Waals surface area contributed by atoms with Crippen LogP contribution in [0.2, 0.25) is 0 Å². The zero-order chi connectivity index (χ0) is 14.8. The van der Waals surface area contributed by atoms with Gasteiger partial charge in [-0.15, -0.1) is 0 Å². The minimum absolute atomic E-state index is 0.234. The summed E-state index contributed by atoms with van der Waals surface area (Å²) in [5, 5.41) is 3.09. The van der Waals surface area contributed by atoms with E-state index in [1.165, 1.54) is 0 Å². The Morgan fingerprint density at radius 3 is 2.55 bits per heavy atom. The SMILES string of the molecule is COCCCCCNC(=O)C1CCN(CC(C)C)CC1. The fourth-order valence-electron chi connectivity index (χ4n) is 2.80. The Bertz CT molecular complexity index is 261. The molecule has 1 aliphatic rings. The molecular weight excluding hydrogens is 252 g/mol. The molecule has 118 valence electrons. The fourth-order valence-corrected chi connectivity index (χ4v) is 2.80. The molecule has 0 aliphatic carbocycles. The molecule has 0 saturated carbocycles. The van der Waals surface area contributed by atoms with E-state index in [-0.39, 0.29) is 11.8 Å². The maximum Gasteiger partial charge on any atom is 0.223 e. The van der Waals surface area contributed by atoms with Gasteiger partial charge in [-0.1, -0.05) is 13.8 Å². The number of nitrogens with zero attached hydrogens (tertiary/aromatic N) is 1. The normalized spacial score (nSPS) is 17.6. The predicted octanol–water partition coefficient (Wildman–Crippen LogP) is 2.29. The molecule has 1 heterocycles. The van der Waals surface area contributed by atoms with Gasteiger partial charge in [-0.3, -0.25) is 4.79 Å². The van der Waals surface area contributed by atoms with Crippen molar-refractivity contribution in [3.63, 3.8) is 0 Å². The lowest BCUT2D eigenvalue weighted by Gasteiger charge is -2.32. The second-order valence-electron chi connectivity index (χ2n) is 6.31. The van der Waals surface area contributed by atoms with E-state index in [4.69, 9.17) is 4.74 Å². The van der Waals surface area contributed by atoms with Gasteiger partial charge in [-0.25, -0.2) is 0 Å². The smallest absolute Gasteiger partial charge is 0.223 e. The lowest BCUT2D eigenvalue weighted by Crippen LogP contribution is -2.41. The molecule has 0 aromatic heterocycles. The van der Waals surface area contributed by atoms with Gasteiger partial charge in [0.15, 0.2) is 0 Å². The molecule has 0 aromatic carbocycles. The number of methoxy groups -OCH3 is 1. The summed E-state index contributed by atoms with van der Waals surface area (Å²) in [7, 11) is 1.73. The summed E-state index contributed by atoms with van der Waals surface area (Å²) >= 11 is 0. The van der Waals surface area contributed by atoms with E-state index in [0.29, 0.717) is 5.92 Å². The number of carbonyl (C=O) groups excluding carboxylic acids is 1. The van der Waals surface area contributed by atoms with E-state index in [1.807, 2.05) is 0 Å². The van der Waals surface area contributed by atoms with Crippen molar-refractivity contribution in [2.75, 3.05) is 39.9 Å². The molecule has 0 unspecified atom stereocenters. The minimum atomic E-state index is 0.234. The topological polar surface area (TPSA) is 41.6 Å². The lowest BCUT2D eigenvalue weighted by molar-refractivity contribution is -0.126. The van der Waals surface area contributed by atoms with Crippen molar-refractivity contribution in [1.29, 1.82) is 0 Å². The number of unbranched alkanes of at least 4 members (excludes halogenated alkanes) is 2. The Kier molecular flexibility index (Phi) is 8.86. The van der Waals surface area contributed by atoms with Crippen LogP contribution in [-0.2, 0) is 9.53 Å². The van der Waals surface area contributed by atoms with Crippen LogP contribution in [0.4, 0.5) is 0 Å². The van der Waals surface area contributed by atoms with Crippen LogP contribution in [0.3, 0.4) is 0 Å². The third-order valence-corrected chi connectivity index (χ3v) is 3.91. The first-order valence-corrected chi connectivity index (χ1v) is 8.12. The molecule has 0 aromatic rings. The van der Waals surface area contributed by atoms with E-state index < -0.39 is 0 Å². The average molecular weight is 284 g/mol. The molecule has 1 rings (SSSR count). The Morgan fingerprint density at radius 2 is 1.95 bits per heavy atom. The number of rotatable bonds is 9. The van der Waals surface area contributed by atoms with Crippen LogP contribution in [0.5, 0.6) is 0 Å². The third-order valence-electron chi connectivity index (χ3n) is 3.91. The molecule has 0 atom stereocenters. The molecule has 1 N–H and O–H groups in total. The summed E-state index contributed by atoms with van der Waals surface area (Å²) in [4.78, 5) is 14.5. The van der Waals surface area contributed by atoms with E-state index >= 15 is 0 Å². The number of hydrogen-bond acceptors (Lipinski definition) is 3. The molecule has 4 nitrogen and oxygen atoms in total. The summed E-state index contributed by atoms with van der Waals surface area (Å²) in [5.41, 5.74) is 0. The first-order chi connectivity index (χ1) is 9.63. The lowest BCUT2D eigenvalue weighted by atomic mass is 9.95. The van der Waals surface area contributed by atoms with Crippen LogP contribution in [0.1, 0.15) is 46.0 Å². The number of piperidine rings is 1. The number of likely N-dealkylation sites (tertiary alicyclic amines) is 1. The van der Waals surface area contributed by atoms with Gasteiger partial charge in [0.05, 0.1) is 0 Å². The number of amides is 1. The van der Waals surface area contributed by atoms with Gasteiger partial charge in [0.25, 0.3) is 0 Å². The van der Waals surface area contributed by atoms with Gasteiger partial charge in [0.1, 0.15) is 0 Å². The van der Waals surface area contributed by atoms with Crippen LogP contribution in [0.25, 0.3) is 0 Å². The highest BCUT2D eigenvalue weighted by Gasteiger charge is 2.24. The highest BCUT2D eigenvalue weighted by Crippen LogP contribution is 2.18. The number of carbonyl (C=O) groups is 1. The molecule has 0 radical (unpaired) electrons. The molecule has 1 saturated heterocycles. The second kappa shape index (κ2) is 10.2. The van der Waals surface area contributed by atoms with E-state index in [9.17, 15) is 4.79 Å². The van der Waals surface area contributed by atoms with Crippen molar-refractivity contribution in [1.82, 2.24) is 10.2 Å². The summed E-state index contributed by atoms with van der Waals surface area (Å²) in [6.07, 6.45) is 5.30. The zero-order valence-corrected chi connectivity index (χ0v) is 13.5. The Hall–Kier alpha value is -0.610. The maximum atomic E-state index is 12.1. The summed E-state index contributed by atoms with van der Waals surface area (Å²) in [6, 6.07) is 0. The standard InChI is InChI=1S/C16H32N2O2/c1-14(2)13-18-10-7-15(8-11-18)16(19)17-9-5-4-6-12-20-3/h14-15H,4-13H2,1-3H3,(H,17,19). The van der Waals surface area contributed by atoms with Crippen LogP contribution in [0, 0.1) is 11.8 Å². The van der Waals surface area contributed by atoms with Crippen LogP contribution < -0.4 is 5.32 Å². The van der Waals surface area contributed by atoms with Crippen molar-refractivity contribution in [3.8, 4) is 0 Å². The monoisotopic (exact) mass is 284 g/mol. The molecule has 20 heavy (non-hydrogen) atoms. The number of nitrogens with one attached hydrogen (secondary N) is 1. The van der Waals surface area contributed by atoms with Crippen LogP contribution in [-0.4, -0.2) is 50.7 Å². The largest absolute Gasteiger partial charge is 0.385 e. The Morgan fingerprint density at radius 1 is 1.25 bits per heavy atom. The predicted molar refractivity (Wildman–Crippen MR) is 82.7 cm³/mol. The minimum Gasteiger partial charge on any atom is -0.385 e. The third kappa shape index (κ3) is 7.25.